The minimum atomic E-state index is -1.77. The van der Waals surface area contributed by atoms with Crippen LogP contribution in [-0.2, 0) is 9.59 Å². The number of allylic oxidation sites excluding steroid dienone is 3. The van der Waals surface area contributed by atoms with Crippen molar-refractivity contribution in [2.45, 2.75) is 26.2 Å². The second-order valence-electron chi connectivity index (χ2n) is 3.27. The third-order valence-corrected chi connectivity index (χ3v) is 2.18. The van der Waals surface area contributed by atoms with Crippen LogP contribution in [-0.4, -0.2) is 22.2 Å². The summed E-state index contributed by atoms with van der Waals surface area (Å²) >= 11 is 0. The Balaban J connectivity index is 4.95. The van der Waals surface area contributed by atoms with Gasteiger partial charge in [0.05, 0.1) is 0 Å². The van der Waals surface area contributed by atoms with Crippen molar-refractivity contribution in [2.24, 2.45) is 5.41 Å². The van der Waals surface area contributed by atoms with E-state index in [1.165, 1.54) is 6.08 Å². The Kier molecular flexibility index (Phi) is 5.37. The Morgan fingerprint density at radius 1 is 1.20 bits per heavy atom. The Bertz CT molecular complexity index is 264. The Morgan fingerprint density at radius 3 is 2.07 bits per heavy atom. The lowest BCUT2D eigenvalue weighted by Gasteiger charge is -2.21. The number of carbonyl (C=O) groups is 2. The Morgan fingerprint density at radius 2 is 1.73 bits per heavy atom. The van der Waals surface area contributed by atoms with E-state index >= 15 is 0 Å². The van der Waals surface area contributed by atoms with Crippen LogP contribution in [0.15, 0.2) is 24.8 Å². The molecule has 4 nitrogen and oxygen atoms in total. The lowest BCUT2D eigenvalue weighted by atomic mass is 9.81. The first-order valence-corrected chi connectivity index (χ1v) is 4.74. The fourth-order valence-electron chi connectivity index (χ4n) is 1.22. The minimum absolute atomic E-state index is 0.0163. The van der Waals surface area contributed by atoms with E-state index in [1.807, 2.05) is 6.92 Å². The van der Waals surface area contributed by atoms with E-state index in [2.05, 4.69) is 6.58 Å². The van der Waals surface area contributed by atoms with Gasteiger partial charge in [-0.25, -0.2) is 0 Å². The van der Waals surface area contributed by atoms with Gasteiger partial charge >= 0.3 is 11.9 Å². The molecule has 0 saturated carbocycles. The first-order chi connectivity index (χ1) is 7.01. The average molecular weight is 212 g/mol. The predicted molar refractivity (Wildman–Crippen MR) is 56.6 cm³/mol. The van der Waals surface area contributed by atoms with Gasteiger partial charge in [0, 0.05) is 0 Å². The minimum Gasteiger partial charge on any atom is -0.480 e. The standard InChI is InChI=1S/C11H16O4/c1-3-5-6-8-11(7-4-2,9(12)13)10(14)15/h4-6H,2-3,7-8H2,1H3,(H,12,13)(H,14,15)/b6-5+. The molecular formula is C11H16O4. The molecule has 0 bridgehead atoms. The zero-order chi connectivity index (χ0) is 11.9. The van der Waals surface area contributed by atoms with Gasteiger partial charge in [-0.1, -0.05) is 25.2 Å². The molecule has 0 aromatic heterocycles. The number of carboxylic acid groups (broad SMARTS) is 2. The molecule has 2 N–H and O–H groups in total. The average Bonchev–Trinajstić information content (AvgIpc) is 2.15. The molecule has 0 radical (unpaired) electrons. The summed E-state index contributed by atoms with van der Waals surface area (Å²) in [4.78, 5) is 22.0. The van der Waals surface area contributed by atoms with E-state index in [0.29, 0.717) is 0 Å². The van der Waals surface area contributed by atoms with Gasteiger partial charge in [0.15, 0.2) is 5.41 Å². The highest BCUT2D eigenvalue weighted by Gasteiger charge is 2.44. The summed E-state index contributed by atoms with van der Waals surface area (Å²) in [5.74, 6) is -2.65. The topological polar surface area (TPSA) is 74.6 Å². The maximum atomic E-state index is 11.0. The van der Waals surface area contributed by atoms with E-state index in [1.54, 1.807) is 12.2 Å². The Hall–Kier alpha value is -1.58. The van der Waals surface area contributed by atoms with Gasteiger partial charge in [0.25, 0.3) is 0 Å². The van der Waals surface area contributed by atoms with Gasteiger partial charge in [-0.05, 0) is 19.3 Å². The van der Waals surface area contributed by atoms with Gasteiger partial charge in [-0.15, -0.1) is 6.58 Å². The molecule has 0 amide bonds. The highest BCUT2D eigenvalue weighted by Crippen LogP contribution is 2.28. The largest absolute Gasteiger partial charge is 0.480 e. The van der Waals surface area contributed by atoms with Crippen molar-refractivity contribution in [1.82, 2.24) is 0 Å². The maximum Gasteiger partial charge on any atom is 0.321 e. The van der Waals surface area contributed by atoms with Crippen LogP contribution in [0, 0.1) is 5.41 Å². The third-order valence-electron chi connectivity index (χ3n) is 2.18. The zero-order valence-corrected chi connectivity index (χ0v) is 8.77. The van der Waals surface area contributed by atoms with E-state index in [4.69, 9.17) is 10.2 Å². The quantitative estimate of drug-likeness (QED) is 0.500. The first kappa shape index (κ1) is 13.4. The molecule has 0 rings (SSSR count). The molecule has 0 atom stereocenters. The van der Waals surface area contributed by atoms with Crippen molar-refractivity contribution in [3.8, 4) is 0 Å². The van der Waals surface area contributed by atoms with Crippen molar-refractivity contribution in [1.29, 1.82) is 0 Å². The fraction of sp³-hybridized carbons (Fsp3) is 0.455. The number of hydrogen-bond donors (Lipinski definition) is 2. The van der Waals surface area contributed by atoms with Crippen LogP contribution < -0.4 is 0 Å². The molecular weight excluding hydrogens is 196 g/mol. The van der Waals surface area contributed by atoms with Crippen molar-refractivity contribution >= 4 is 11.9 Å². The van der Waals surface area contributed by atoms with Crippen LogP contribution in [0.3, 0.4) is 0 Å². The van der Waals surface area contributed by atoms with Crippen molar-refractivity contribution in [3.63, 3.8) is 0 Å². The molecule has 0 aliphatic rings. The first-order valence-electron chi connectivity index (χ1n) is 4.74. The van der Waals surface area contributed by atoms with E-state index in [9.17, 15) is 9.59 Å². The molecule has 0 heterocycles. The van der Waals surface area contributed by atoms with Gasteiger partial charge in [0.2, 0.25) is 0 Å². The summed E-state index contributed by atoms with van der Waals surface area (Å²) in [5.41, 5.74) is -1.77. The molecule has 0 spiro atoms. The van der Waals surface area contributed by atoms with E-state index in [0.717, 1.165) is 6.42 Å². The second-order valence-corrected chi connectivity index (χ2v) is 3.27. The summed E-state index contributed by atoms with van der Waals surface area (Å²) in [6.07, 6.45) is 5.32. The molecule has 0 aromatic rings. The van der Waals surface area contributed by atoms with Crippen LogP contribution in [0.4, 0.5) is 0 Å². The lowest BCUT2D eigenvalue weighted by Crippen LogP contribution is -2.38. The highest BCUT2D eigenvalue weighted by atomic mass is 16.4. The van der Waals surface area contributed by atoms with Crippen LogP contribution in [0.5, 0.6) is 0 Å². The number of aliphatic carboxylic acids is 2. The Labute approximate surface area is 88.9 Å². The molecule has 84 valence electrons. The zero-order valence-electron chi connectivity index (χ0n) is 8.77. The highest BCUT2D eigenvalue weighted by molar-refractivity contribution is 5.98. The molecule has 0 fully saturated rings. The number of carboxylic acids is 2. The summed E-state index contributed by atoms with van der Waals surface area (Å²) in [6, 6.07) is 0. The summed E-state index contributed by atoms with van der Waals surface area (Å²) < 4.78 is 0. The van der Waals surface area contributed by atoms with Crippen LogP contribution in [0.2, 0.25) is 0 Å². The van der Waals surface area contributed by atoms with Gasteiger partial charge < -0.3 is 10.2 Å². The SMILES string of the molecule is C=CCC(C/C=C/CC)(C(=O)O)C(=O)O. The second kappa shape index (κ2) is 6.01. The molecule has 0 aromatic carbocycles. The van der Waals surface area contributed by atoms with Crippen LogP contribution >= 0.6 is 0 Å². The van der Waals surface area contributed by atoms with E-state index in [-0.39, 0.29) is 12.8 Å². The number of hydrogen-bond acceptors (Lipinski definition) is 2. The number of rotatable bonds is 7. The third kappa shape index (κ3) is 3.23. The molecule has 0 saturated heterocycles. The normalized spacial score (nSPS) is 11.5. The molecule has 0 aliphatic carbocycles. The molecule has 0 unspecified atom stereocenters. The van der Waals surface area contributed by atoms with Crippen LogP contribution in [0.25, 0.3) is 0 Å². The summed E-state index contributed by atoms with van der Waals surface area (Å²) in [5, 5.41) is 17.9. The smallest absolute Gasteiger partial charge is 0.321 e. The van der Waals surface area contributed by atoms with Crippen LogP contribution in [0.1, 0.15) is 26.2 Å². The molecule has 15 heavy (non-hydrogen) atoms. The fourth-order valence-corrected chi connectivity index (χ4v) is 1.22. The monoisotopic (exact) mass is 212 g/mol. The van der Waals surface area contributed by atoms with Gasteiger partial charge in [-0.3, -0.25) is 9.59 Å². The van der Waals surface area contributed by atoms with Gasteiger partial charge in [0.1, 0.15) is 0 Å². The summed E-state index contributed by atoms with van der Waals surface area (Å²) in [7, 11) is 0. The predicted octanol–water partition coefficient (Wildman–Crippen LogP) is 2.07. The summed E-state index contributed by atoms with van der Waals surface area (Å²) in [6.45, 7) is 5.28. The van der Waals surface area contributed by atoms with Crippen molar-refractivity contribution < 1.29 is 19.8 Å². The molecule has 4 heteroatoms. The van der Waals surface area contributed by atoms with Crippen molar-refractivity contribution in [3.05, 3.63) is 24.8 Å². The van der Waals surface area contributed by atoms with E-state index < -0.39 is 17.4 Å². The van der Waals surface area contributed by atoms with Gasteiger partial charge in [-0.2, -0.15) is 0 Å². The lowest BCUT2D eigenvalue weighted by molar-refractivity contribution is -0.164. The van der Waals surface area contributed by atoms with Crippen molar-refractivity contribution in [2.75, 3.05) is 0 Å². The maximum absolute atomic E-state index is 11.0. The molecule has 0 aliphatic heterocycles.